The first-order chi connectivity index (χ1) is 9.97. The summed E-state index contributed by atoms with van der Waals surface area (Å²) in [5, 5.41) is 4.15. The van der Waals surface area contributed by atoms with E-state index < -0.39 is 0 Å². The lowest BCUT2D eigenvalue weighted by molar-refractivity contribution is 0.0954. The van der Waals surface area contributed by atoms with E-state index >= 15 is 0 Å². The number of hydrogen-bond donors (Lipinski definition) is 1. The first kappa shape index (κ1) is 15.4. The average molecular weight is 345 g/mol. The van der Waals surface area contributed by atoms with E-state index in [4.69, 9.17) is 0 Å². The molecule has 1 amide bonds. The van der Waals surface area contributed by atoms with Gasteiger partial charge in [0.25, 0.3) is 5.91 Å². The van der Waals surface area contributed by atoms with Crippen LogP contribution in [0.5, 0.6) is 0 Å². The molecule has 0 unspecified atom stereocenters. The Kier molecular flexibility index (Phi) is 4.91. The molecule has 0 saturated carbocycles. The number of carbonyl (C=O) groups excluding carboxylic acids is 1. The standard InChI is InChI=1S/C17H17BrN2O/c1-11-4-5-15(10-12(11)2)17(21)20-19-13(3)14-6-8-16(18)9-7-14/h4-10H,1-3H3,(H,20,21)/b19-13-. The Bertz CT molecular complexity index is 690. The Balaban J connectivity index is 2.10. The van der Waals surface area contributed by atoms with Crippen LogP contribution in [0.25, 0.3) is 0 Å². The molecular weight excluding hydrogens is 328 g/mol. The topological polar surface area (TPSA) is 41.5 Å². The molecule has 2 aromatic carbocycles. The first-order valence-electron chi connectivity index (χ1n) is 6.65. The maximum absolute atomic E-state index is 12.1. The Labute approximate surface area is 133 Å². The second kappa shape index (κ2) is 6.68. The summed E-state index contributed by atoms with van der Waals surface area (Å²) in [6.45, 7) is 5.87. The molecule has 0 spiro atoms. The van der Waals surface area contributed by atoms with Gasteiger partial charge in [-0.05, 0) is 61.7 Å². The predicted molar refractivity (Wildman–Crippen MR) is 89.7 cm³/mol. The molecule has 0 radical (unpaired) electrons. The van der Waals surface area contributed by atoms with Crippen LogP contribution < -0.4 is 5.43 Å². The number of hydrogen-bond acceptors (Lipinski definition) is 2. The van der Waals surface area contributed by atoms with Gasteiger partial charge in [-0.2, -0.15) is 5.10 Å². The van der Waals surface area contributed by atoms with Crippen molar-refractivity contribution in [2.75, 3.05) is 0 Å². The fraction of sp³-hybridized carbons (Fsp3) is 0.176. The minimum Gasteiger partial charge on any atom is -0.267 e. The minimum absolute atomic E-state index is 0.199. The summed E-state index contributed by atoms with van der Waals surface area (Å²) >= 11 is 3.39. The average Bonchev–Trinajstić information content (AvgIpc) is 2.48. The Hall–Kier alpha value is -1.94. The van der Waals surface area contributed by atoms with E-state index in [-0.39, 0.29) is 5.91 Å². The van der Waals surface area contributed by atoms with Gasteiger partial charge in [-0.1, -0.05) is 34.1 Å². The second-order valence-electron chi connectivity index (χ2n) is 4.94. The van der Waals surface area contributed by atoms with Crippen molar-refractivity contribution in [3.05, 3.63) is 69.2 Å². The van der Waals surface area contributed by atoms with Crippen LogP contribution in [0, 0.1) is 13.8 Å². The number of rotatable bonds is 3. The highest BCUT2D eigenvalue weighted by molar-refractivity contribution is 9.10. The van der Waals surface area contributed by atoms with E-state index in [0.717, 1.165) is 21.3 Å². The van der Waals surface area contributed by atoms with Gasteiger partial charge in [0, 0.05) is 10.0 Å². The van der Waals surface area contributed by atoms with Gasteiger partial charge < -0.3 is 0 Å². The molecule has 21 heavy (non-hydrogen) atoms. The number of hydrazone groups is 1. The van der Waals surface area contributed by atoms with Crippen LogP contribution in [0.1, 0.15) is 34.0 Å². The van der Waals surface area contributed by atoms with Crippen molar-refractivity contribution in [1.29, 1.82) is 0 Å². The van der Waals surface area contributed by atoms with Gasteiger partial charge >= 0.3 is 0 Å². The smallest absolute Gasteiger partial charge is 0.267 e. The van der Waals surface area contributed by atoms with Crippen LogP contribution in [0.3, 0.4) is 0 Å². The van der Waals surface area contributed by atoms with Crippen molar-refractivity contribution in [2.24, 2.45) is 5.10 Å². The number of aryl methyl sites for hydroxylation is 2. The normalized spacial score (nSPS) is 11.3. The van der Waals surface area contributed by atoms with Crippen LogP contribution in [-0.2, 0) is 0 Å². The first-order valence-corrected chi connectivity index (χ1v) is 7.44. The molecule has 4 heteroatoms. The van der Waals surface area contributed by atoms with Crippen molar-refractivity contribution >= 4 is 27.5 Å². The second-order valence-corrected chi connectivity index (χ2v) is 5.86. The van der Waals surface area contributed by atoms with Gasteiger partial charge in [-0.3, -0.25) is 4.79 Å². The minimum atomic E-state index is -0.199. The molecule has 0 aliphatic heterocycles. The van der Waals surface area contributed by atoms with Crippen molar-refractivity contribution in [2.45, 2.75) is 20.8 Å². The lowest BCUT2D eigenvalue weighted by atomic mass is 10.1. The van der Waals surface area contributed by atoms with Crippen LogP contribution in [0.4, 0.5) is 0 Å². The van der Waals surface area contributed by atoms with Gasteiger partial charge in [0.05, 0.1) is 5.71 Å². The van der Waals surface area contributed by atoms with E-state index in [1.165, 1.54) is 5.56 Å². The molecular formula is C17H17BrN2O. The van der Waals surface area contributed by atoms with Crippen molar-refractivity contribution < 1.29 is 4.79 Å². The molecule has 0 fully saturated rings. The fourth-order valence-electron chi connectivity index (χ4n) is 1.84. The molecule has 0 bridgehead atoms. The molecule has 1 N–H and O–H groups in total. The SMILES string of the molecule is C/C(=N/NC(=O)c1ccc(C)c(C)c1)c1ccc(Br)cc1. The molecule has 0 atom stereocenters. The molecule has 2 aromatic rings. The number of benzene rings is 2. The summed E-state index contributed by atoms with van der Waals surface area (Å²) in [5.74, 6) is -0.199. The highest BCUT2D eigenvalue weighted by Crippen LogP contribution is 2.12. The van der Waals surface area contributed by atoms with E-state index in [1.807, 2.05) is 63.2 Å². The highest BCUT2D eigenvalue weighted by Gasteiger charge is 2.06. The van der Waals surface area contributed by atoms with Crippen molar-refractivity contribution in [3.8, 4) is 0 Å². The number of nitrogens with one attached hydrogen (secondary N) is 1. The third-order valence-electron chi connectivity index (χ3n) is 3.36. The Morgan fingerprint density at radius 1 is 1.00 bits per heavy atom. The van der Waals surface area contributed by atoms with Gasteiger partial charge in [-0.25, -0.2) is 5.43 Å². The summed E-state index contributed by atoms with van der Waals surface area (Å²) < 4.78 is 1.01. The van der Waals surface area contributed by atoms with E-state index in [2.05, 4.69) is 26.5 Å². The van der Waals surface area contributed by atoms with Gasteiger partial charge in [0.2, 0.25) is 0 Å². The zero-order valence-corrected chi connectivity index (χ0v) is 13.9. The summed E-state index contributed by atoms with van der Waals surface area (Å²) in [6, 6.07) is 13.4. The molecule has 0 heterocycles. The zero-order chi connectivity index (χ0) is 15.4. The number of halogens is 1. The summed E-state index contributed by atoms with van der Waals surface area (Å²) in [7, 11) is 0. The molecule has 2 rings (SSSR count). The van der Waals surface area contributed by atoms with Gasteiger partial charge in [-0.15, -0.1) is 0 Å². The predicted octanol–water partition coefficient (Wildman–Crippen LogP) is 4.22. The summed E-state index contributed by atoms with van der Waals surface area (Å²) in [6.07, 6.45) is 0. The number of carbonyl (C=O) groups is 1. The Morgan fingerprint density at radius 2 is 1.62 bits per heavy atom. The van der Waals surface area contributed by atoms with Gasteiger partial charge in [0.15, 0.2) is 0 Å². The molecule has 3 nitrogen and oxygen atoms in total. The monoisotopic (exact) mass is 344 g/mol. The molecule has 0 aliphatic rings. The van der Waals surface area contributed by atoms with E-state index in [1.54, 1.807) is 0 Å². The van der Waals surface area contributed by atoms with E-state index in [0.29, 0.717) is 5.56 Å². The Morgan fingerprint density at radius 3 is 2.24 bits per heavy atom. The van der Waals surface area contributed by atoms with E-state index in [9.17, 15) is 4.79 Å². The van der Waals surface area contributed by atoms with Crippen LogP contribution in [-0.4, -0.2) is 11.6 Å². The number of nitrogens with zero attached hydrogens (tertiary/aromatic N) is 1. The number of amides is 1. The molecule has 108 valence electrons. The molecule has 0 saturated heterocycles. The van der Waals surface area contributed by atoms with Crippen LogP contribution in [0.2, 0.25) is 0 Å². The highest BCUT2D eigenvalue weighted by atomic mass is 79.9. The van der Waals surface area contributed by atoms with Crippen LogP contribution in [0.15, 0.2) is 52.0 Å². The summed E-state index contributed by atoms with van der Waals surface area (Å²) in [4.78, 5) is 12.1. The lowest BCUT2D eigenvalue weighted by Crippen LogP contribution is -2.19. The maximum atomic E-state index is 12.1. The largest absolute Gasteiger partial charge is 0.271 e. The quantitative estimate of drug-likeness (QED) is 0.657. The zero-order valence-electron chi connectivity index (χ0n) is 12.3. The van der Waals surface area contributed by atoms with Crippen molar-refractivity contribution in [1.82, 2.24) is 5.43 Å². The third kappa shape index (κ3) is 4.02. The lowest BCUT2D eigenvalue weighted by Gasteiger charge is -2.05. The van der Waals surface area contributed by atoms with Crippen LogP contribution >= 0.6 is 15.9 Å². The summed E-state index contributed by atoms with van der Waals surface area (Å²) in [5.41, 5.74) is 7.21. The fourth-order valence-corrected chi connectivity index (χ4v) is 2.10. The molecule has 0 aromatic heterocycles. The molecule has 0 aliphatic carbocycles. The van der Waals surface area contributed by atoms with Gasteiger partial charge in [0.1, 0.15) is 0 Å². The maximum Gasteiger partial charge on any atom is 0.271 e. The van der Waals surface area contributed by atoms with Crippen molar-refractivity contribution in [3.63, 3.8) is 0 Å². The third-order valence-corrected chi connectivity index (χ3v) is 3.88.